The molecule has 4 rings (SSSR count). The molecule has 3 aromatic rings. The zero-order valence-electron chi connectivity index (χ0n) is 19.0. The summed E-state index contributed by atoms with van der Waals surface area (Å²) in [6.45, 7) is 4.18. The van der Waals surface area contributed by atoms with Gasteiger partial charge in [0, 0.05) is 24.2 Å². The fourth-order valence-corrected chi connectivity index (χ4v) is 4.06. The molecule has 1 N–H and O–H groups in total. The molecule has 2 amide bonds. The van der Waals surface area contributed by atoms with Crippen LogP contribution in [0.4, 0.5) is 0 Å². The van der Waals surface area contributed by atoms with E-state index in [1.807, 2.05) is 42.5 Å². The smallest absolute Gasteiger partial charge is 0.358 e. The van der Waals surface area contributed by atoms with Crippen molar-refractivity contribution in [2.24, 2.45) is 0 Å². The zero-order chi connectivity index (χ0) is 24.3. The van der Waals surface area contributed by atoms with Crippen LogP contribution in [0.5, 0.6) is 0 Å². The van der Waals surface area contributed by atoms with E-state index in [0.29, 0.717) is 11.6 Å². The Hall–Kier alpha value is -3.65. The van der Waals surface area contributed by atoms with Crippen LogP contribution in [0.1, 0.15) is 46.0 Å². The summed E-state index contributed by atoms with van der Waals surface area (Å²) in [5, 5.41) is 7.79. The van der Waals surface area contributed by atoms with Crippen molar-refractivity contribution >= 4 is 29.4 Å². The van der Waals surface area contributed by atoms with Crippen molar-refractivity contribution in [2.75, 3.05) is 6.61 Å². The molecule has 8 nitrogen and oxygen atoms in total. The average molecular weight is 481 g/mol. The fourth-order valence-electron chi connectivity index (χ4n) is 3.94. The van der Waals surface area contributed by atoms with Gasteiger partial charge < -0.3 is 15.0 Å². The number of rotatable bonds is 7. The molecule has 2 heterocycles. The molecule has 9 heteroatoms. The number of hydrogen-bond donors (Lipinski definition) is 1. The van der Waals surface area contributed by atoms with Crippen LogP contribution in [0.15, 0.2) is 60.7 Å². The Morgan fingerprint density at radius 1 is 1.12 bits per heavy atom. The van der Waals surface area contributed by atoms with E-state index in [1.165, 1.54) is 15.6 Å². The number of aromatic nitrogens is 2. The molecule has 0 saturated carbocycles. The standard InChI is InChI=1S/C25H25ClN4O4/c1-3-34-23(32)20-13-21-22(31)29(15-18-9-11-19(26)12-10-18)25(2,16-30(21)28-20)24(33)27-14-17-7-5-4-6-8-17/h4-13H,3,14-16H2,1-2H3,(H,27,33)/t25-/m0/s1. The highest BCUT2D eigenvalue weighted by Gasteiger charge is 2.48. The molecule has 0 fully saturated rings. The second-order valence-electron chi connectivity index (χ2n) is 8.25. The van der Waals surface area contributed by atoms with E-state index in [0.717, 1.165) is 11.1 Å². The monoisotopic (exact) mass is 480 g/mol. The first-order valence-electron chi connectivity index (χ1n) is 11.0. The first kappa shape index (κ1) is 23.5. The number of amides is 2. The SMILES string of the molecule is CCOC(=O)c1cc2n(n1)C[C@@](C)(C(=O)NCc1ccccc1)N(Cc1ccc(Cl)cc1)C2=O. The van der Waals surface area contributed by atoms with Gasteiger partial charge in [-0.25, -0.2) is 4.79 Å². The van der Waals surface area contributed by atoms with Crippen LogP contribution in [0.2, 0.25) is 5.02 Å². The largest absolute Gasteiger partial charge is 0.461 e. The molecule has 176 valence electrons. The second kappa shape index (κ2) is 9.69. The Labute approximate surface area is 202 Å². The molecule has 0 saturated heterocycles. The van der Waals surface area contributed by atoms with Gasteiger partial charge in [0.2, 0.25) is 5.91 Å². The Morgan fingerprint density at radius 3 is 2.50 bits per heavy atom. The molecular formula is C25H25ClN4O4. The fraction of sp³-hybridized carbons (Fsp3) is 0.280. The number of halogens is 1. The van der Waals surface area contributed by atoms with Crippen molar-refractivity contribution in [3.8, 4) is 0 Å². The van der Waals surface area contributed by atoms with Crippen LogP contribution in [-0.4, -0.2) is 44.6 Å². The number of benzene rings is 2. The lowest BCUT2D eigenvalue weighted by Gasteiger charge is -2.43. The third-order valence-corrected chi connectivity index (χ3v) is 6.07. The topological polar surface area (TPSA) is 93.5 Å². The van der Waals surface area contributed by atoms with Crippen LogP contribution in [0.3, 0.4) is 0 Å². The van der Waals surface area contributed by atoms with Crippen molar-refractivity contribution in [1.29, 1.82) is 0 Å². The van der Waals surface area contributed by atoms with Crippen LogP contribution in [0.25, 0.3) is 0 Å². The number of carbonyl (C=O) groups is 3. The van der Waals surface area contributed by atoms with Gasteiger partial charge in [-0.2, -0.15) is 5.10 Å². The highest BCUT2D eigenvalue weighted by molar-refractivity contribution is 6.30. The van der Waals surface area contributed by atoms with Gasteiger partial charge in [0.15, 0.2) is 5.69 Å². The molecule has 34 heavy (non-hydrogen) atoms. The molecule has 1 aliphatic rings. The first-order chi connectivity index (χ1) is 16.3. The average Bonchev–Trinajstić information content (AvgIpc) is 3.26. The van der Waals surface area contributed by atoms with E-state index in [4.69, 9.17) is 16.3 Å². The highest BCUT2D eigenvalue weighted by Crippen LogP contribution is 2.30. The minimum atomic E-state index is -1.25. The zero-order valence-corrected chi connectivity index (χ0v) is 19.7. The van der Waals surface area contributed by atoms with E-state index in [2.05, 4.69) is 10.4 Å². The molecule has 0 unspecified atom stereocenters. The first-order valence-corrected chi connectivity index (χ1v) is 11.3. The summed E-state index contributed by atoms with van der Waals surface area (Å²) in [7, 11) is 0. The van der Waals surface area contributed by atoms with Crippen molar-refractivity contribution in [1.82, 2.24) is 20.0 Å². The van der Waals surface area contributed by atoms with Gasteiger partial charge >= 0.3 is 5.97 Å². The highest BCUT2D eigenvalue weighted by atomic mass is 35.5. The van der Waals surface area contributed by atoms with E-state index in [-0.39, 0.29) is 37.0 Å². The second-order valence-corrected chi connectivity index (χ2v) is 8.69. The van der Waals surface area contributed by atoms with Gasteiger partial charge in [-0.1, -0.05) is 54.1 Å². The Bertz CT molecular complexity index is 1210. The van der Waals surface area contributed by atoms with E-state index < -0.39 is 17.4 Å². The number of esters is 1. The molecular weight excluding hydrogens is 456 g/mol. The quantitative estimate of drug-likeness (QED) is 0.523. The number of hydrogen-bond acceptors (Lipinski definition) is 5. The lowest BCUT2D eigenvalue weighted by molar-refractivity contribution is -0.133. The number of ether oxygens (including phenoxy) is 1. The molecule has 1 aromatic heterocycles. The Kier molecular flexibility index (Phi) is 6.70. The van der Waals surface area contributed by atoms with Crippen molar-refractivity contribution in [3.05, 3.63) is 88.2 Å². The van der Waals surface area contributed by atoms with Crippen LogP contribution >= 0.6 is 11.6 Å². The van der Waals surface area contributed by atoms with E-state index in [9.17, 15) is 14.4 Å². The van der Waals surface area contributed by atoms with E-state index >= 15 is 0 Å². The predicted molar refractivity (Wildman–Crippen MR) is 126 cm³/mol. The molecule has 1 aliphatic heterocycles. The van der Waals surface area contributed by atoms with Gasteiger partial charge in [-0.3, -0.25) is 14.3 Å². The minimum absolute atomic E-state index is 0.0330. The summed E-state index contributed by atoms with van der Waals surface area (Å²) in [4.78, 5) is 40.8. The van der Waals surface area contributed by atoms with E-state index in [1.54, 1.807) is 26.0 Å². The minimum Gasteiger partial charge on any atom is -0.461 e. The van der Waals surface area contributed by atoms with Crippen LogP contribution < -0.4 is 5.32 Å². The van der Waals surface area contributed by atoms with Gasteiger partial charge in [0.25, 0.3) is 5.91 Å². The maximum atomic E-state index is 13.6. The van der Waals surface area contributed by atoms with Crippen LogP contribution in [-0.2, 0) is 29.2 Å². The number of nitrogens with one attached hydrogen (secondary N) is 1. The molecule has 1 atom stereocenters. The van der Waals surface area contributed by atoms with Gasteiger partial charge in [-0.15, -0.1) is 0 Å². The lowest BCUT2D eigenvalue weighted by Crippen LogP contribution is -2.63. The Balaban J connectivity index is 1.67. The lowest BCUT2D eigenvalue weighted by atomic mass is 9.94. The van der Waals surface area contributed by atoms with Gasteiger partial charge in [0.05, 0.1) is 13.2 Å². The summed E-state index contributed by atoms with van der Waals surface area (Å²) >= 11 is 6.01. The van der Waals surface area contributed by atoms with Gasteiger partial charge in [0.1, 0.15) is 11.2 Å². The molecule has 0 aliphatic carbocycles. The number of carbonyl (C=O) groups excluding carboxylic acids is 3. The third kappa shape index (κ3) is 4.68. The summed E-state index contributed by atoms with van der Waals surface area (Å²) in [6.07, 6.45) is 0. The summed E-state index contributed by atoms with van der Waals surface area (Å²) in [5.41, 5.74) is 0.765. The molecule has 0 spiro atoms. The summed E-state index contributed by atoms with van der Waals surface area (Å²) in [5.74, 6) is -1.34. The maximum Gasteiger partial charge on any atom is 0.358 e. The predicted octanol–water partition coefficient (Wildman–Crippen LogP) is 3.44. The molecule has 0 bridgehead atoms. The number of fused-ring (bicyclic) bond motifs is 1. The third-order valence-electron chi connectivity index (χ3n) is 5.82. The maximum absolute atomic E-state index is 13.6. The summed E-state index contributed by atoms with van der Waals surface area (Å²) in [6, 6.07) is 18.0. The number of nitrogens with zero attached hydrogens (tertiary/aromatic N) is 3. The molecule has 2 aromatic carbocycles. The van der Waals surface area contributed by atoms with Gasteiger partial charge in [-0.05, 0) is 37.1 Å². The molecule has 0 radical (unpaired) electrons. The van der Waals surface area contributed by atoms with Crippen LogP contribution in [0, 0.1) is 0 Å². The van der Waals surface area contributed by atoms with Crippen molar-refractivity contribution < 1.29 is 19.1 Å². The Morgan fingerprint density at radius 2 is 1.82 bits per heavy atom. The van der Waals surface area contributed by atoms with Crippen molar-refractivity contribution in [3.63, 3.8) is 0 Å². The summed E-state index contributed by atoms with van der Waals surface area (Å²) < 4.78 is 6.44. The van der Waals surface area contributed by atoms with Crippen molar-refractivity contribution in [2.45, 2.75) is 39.0 Å². The normalized spacial score (nSPS) is 17.3.